The molecule has 6 heteroatoms. The van der Waals surface area contributed by atoms with E-state index in [0.717, 1.165) is 16.2 Å². The molecular weight excluding hydrogens is 282 g/mol. The summed E-state index contributed by atoms with van der Waals surface area (Å²) >= 11 is 0. The van der Waals surface area contributed by atoms with Crippen molar-refractivity contribution in [2.24, 2.45) is 0 Å². The van der Waals surface area contributed by atoms with Gasteiger partial charge < -0.3 is 15.0 Å². The van der Waals surface area contributed by atoms with Crippen molar-refractivity contribution in [3.63, 3.8) is 0 Å². The molecule has 0 heterocycles. The first kappa shape index (κ1) is 18.0. The highest BCUT2D eigenvalue weighted by Crippen LogP contribution is 2.11. The summed E-state index contributed by atoms with van der Waals surface area (Å²) in [5.74, 6) is 0.487. The molecule has 0 aromatic heterocycles. The Labute approximate surface area is 131 Å². The van der Waals surface area contributed by atoms with Crippen LogP contribution in [0, 0.1) is 0 Å². The summed E-state index contributed by atoms with van der Waals surface area (Å²) in [7, 11) is 3.53. The second-order valence-electron chi connectivity index (χ2n) is 6.41. The fraction of sp³-hybridized carbons (Fsp3) is 0.500. The maximum Gasteiger partial charge on any atom is 0.322 e. The normalized spacial score (nSPS) is 12.4. The van der Waals surface area contributed by atoms with E-state index in [1.54, 1.807) is 7.11 Å². The summed E-state index contributed by atoms with van der Waals surface area (Å²) in [6, 6.07) is 7.25. The lowest BCUT2D eigenvalue weighted by molar-refractivity contribution is -0.885. The van der Waals surface area contributed by atoms with Crippen LogP contribution < -0.4 is 20.3 Å². The number of urea groups is 1. The van der Waals surface area contributed by atoms with Crippen LogP contribution in [0.4, 0.5) is 4.79 Å². The van der Waals surface area contributed by atoms with E-state index in [9.17, 15) is 9.59 Å². The van der Waals surface area contributed by atoms with Gasteiger partial charge in [0, 0.05) is 11.1 Å². The van der Waals surface area contributed by atoms with Crippen LogP contribution in [0.2, 0.25) is 0 Å². The van der Waals surface area contributed by atoms with Gasteiger partial charge in [0.05, 0.1) is 14.2 Å². The minimum atomic E-state index is -0.466. The fourth-order valence-corrected chi connectivity index (χ4v) is 2.01. The number of amides is 3. The molecule has 0 saturated carbocycles. The molecule has 0 saturated heterocycles. The molecule has 1 aromatic carbocycles. The van der Waals surface area contributed by atoms with Crippen LogP contribution in [0.5, 0.6) is 5.75 Å². The summed E-state index contributed by atoms with van der Waals surface area (Å²) < 4.78 is 5.18. The number of hydrogen-bond acceptors (Lipinski definition) is 3. The summed E-state index contributed by atoms with van der Waals surface area (Å²) in [6.07, 6.45) is 0. The van der Waals surface area contributed by atoms with Gasteiger partial charge in [-0.2, -0.15) is 0 Å². The van der Waals surface area contributed by atoms with Crippen LogP contribution in [0.1, 0.15) is 26.3 Å². The highest BCUT2D eigenvalue weighted by Gasteiger charge is 2.17. The van der Waals surface area contributed by atoms with Gasteiger partial charge in [-0.1, -0.05) is 12.1 Å². The summed E-state index contributed by atoms with van der Waals surface area (Å²) in [5, 5.41) is 5.03. The molecule has 0 spiro atoms. The van der Waals surface area contributed by atoms with Crippen LogP contribution >= 0.6 is 0 Å². The molecule has 0 bridgehead atoms. The highest BCUT2D eigenvalue weighted by atomic mass is 16.5. The largest absolute Gasteiger partial charge is 0.497 e. The number of likely N-dealkylation sites (N-methyl/N-ethyl adjacent to an activating group) is 1. The molecule has 0 fully saturated rings. The Morgan fingerprint density at radius 2 is 1.95 bits per heavy atom. The standard InChI is InChI=1S/C16H25N3O3/c1-16(2,3)18-15(21)17-14(20)11-19(4)10-12-7-6-8-13(9-12)22-5/h6-9H,10-11H2,1-5H3,(H2,17,18,20,21)/p+1. The van der Waals surface area contributed by atoms with Crippen molar-refractivity contribution in [1.29, 1.82) is 0 Å². The first-order valence-electron chi connectivity index (χ1n) is 7.26. The van der Waals surface area contributed by atoms with Gasteiger partial charge in [-0.3, -0.25) is 10.1 Å². The number of benzene rings is 1. The molecular formula is C16H26N3O3+. The Balaban J connectivity index is 2.45. The molecule has 0 aliphatic heterocycles. The number of ether oxygens (including phenoxy) is 1. The first-order valence-corrected chi connectivity index (χ1v) is 7.26. The molecule has 122 valence electrons. The van der Waals surface area contributed by atoms with E-state index in [1.165, 1.54) is 0 Å². The average molecular weight is 308 g/mol. The second-order valence-corrected chi connectivity index (χ2v) is 6.41. The number of methoxy groups -OCH3 is 1. The Hall–Kier alpha value is -2.08. The van der Waals surface area contributed by atoms with Gasteiger partial charge in [0.1, 0.15) is 12.3 Å². The molecule has 0 aliphatic carbocycles. The number of carbonyl (C=O) groups excluding carboxylic acids is 2. The van der Waals surface area contributed by atoms with Crippen LogP contribution in [0.25, 0.3) is 0 Å². The zero-order valence-electron chi connectivity index (χ0n) is 13.9. The van der Waals surface area contributed by atoms with Gasteiger partial charge >= 0.3 is 6.03 Å². The van der Waals surface area contributed by atoms with Crippen LogP contribution in [0.3, 0.4) is 0 Å². The lowest BCUT2D eigenvalue weighted by atomic mass is 10.1. The molecule has 1 unspecified atom stereocenters. The lowest BCUT2D eigenvalue weighted by Gasteiger charge is -2.20. The van der Waals surface area contributed by atoms with Gasteiger partial charge in [-0.05, 0) is 32.9 Å². The molecule has 22 heavy (non-hydrogen) atoms. The second kappa shape index (κ2) is 7.79. The molecule has 1 aromatic rings. The maximum absolute atomic E-state index is 11.8. The zero-order valence-corrected chi connectivity index (χ0v) is 13.9. The maximum atomic E-state index is 11.8. The Kier molecular flexibility index (Phi) is 6.37. The van der Waals surface area contributed by atoms with Crippen molar-refractivity contribution in [2.75, 3.05) is 20.7 Å². The van der Waals surface area contributed by atoms with Gasteiger partial charge in [0.2, 0.25) is 0 Å². The van der Waals surface area contributed by atoms with E-state index >= 15 is 0 Å². The lowest BCUT2D eigenvalue weighted by Crippen LogP contribution is -3.09. The third-order valence-electron chi connectivity index (χ3n) is 2.84. The minimum absolute atomic E-state index is 0.217. The van der Waals surface area contributed by atoms with Crippen LogP contribution in [-0.4, -0.2) is 38.2 Å². The Morgan fingerprint density at radius 3 is 2.55 bits per heavy atom. The summed E-state index contributed by atoms with van der Waals surface area (Å²) in [6.45, 7) is 6.46. The fourth-order valence-electron chi connectivity index (χ4n) is 2.01. The van der Waals surface area contributed by atoms with Crippen molar-refractivity contribution in [3.8, 4) is 5.75 Å². The average Bonchev–Trinajstić information content (AvgIpc) is 2.35. The van der Waals surface area contributed by atoms with Crippen LogP contribution in [-0.2, 0) is 11.3 Å². The van der Waals surface area contributed by atoms with Crippen LogP contribution in [0.15, 0.2) is 24.3 Å². The summed E-state index contributed by atoms with van der Waals surface area (Å²) in [4.78, 5) is 24.4. The number of carbonyl (C=O) groups is 2. The predicted octanol–water partition coefficient (Wildman–Crippen LogP) is 0.334. The molecule has 1 rings (SSSR count). The van der Waals surface area contributed by atoms with Crippen molar-refractivity contribution < 1.29 is 19.2 Å². The van der Waals surface area contributed by atoms with E-state index in [1.807, 2.05) is 52.1 Å². The third-order valence-corrected chi connectivity index (χ3v) is 2.84. The minimum Gasteiger partial charge on any atom is -0.497 e. The molecule has 0 aliphatic rings. The number of quaternary nitrogens is 1. The van der Waals surface area contributed by atoms with E-state index < -0.39 is 6.03 Å². The number of hydrogen-bond donors (Lipinski definition) is 3. The number of imide groups is 1. The van der Waals surface area contributed by atoms with Gasteiger partial charge in [0.15, 0.2) is 6.54 Å². The number of nitrogens with one attached hydrogen (secondary N) is 3. The van der Waals surface area contributed by atoms with Crippen molar-refractivity contribution in [3.05, 3.63) is 29.8 Å². The summed E-state index contributed by atoms with van der Waals surface area (Å²) in [5.41, 5.74) is 0.702. The first-order chi connectivity index (χ1) is 10.2. The molecule has 3 amide bonds. The molecule has 1 atom stereocenters. The third kappa shape index (κ3) is 7.08. The van der Waals surface area contributed by atoms with E-state index in [-0.39, 0.29) is 18.0 Å². The van der Waals surface area contributed by atoms with E-state index in [2.05, 4.69) is 10.6 Å². The van der Waals surface area contributed by atoms with Crippen molar-refractivity contribution in [2.45, 2.75) is 32.9 Å². The topological polar surface area (TPSA) is 71.9 Å². The Bertz CT molecular complexity index is 524. The van der Waals surface area contributed by atoms with Gasteiger partial charge in [-0.25, -0.2) is 4.79 Å². The van der Waals surface area contributed by atoms with Gasteiger partial charge in [0.25, 0.3) is 5.91 Å². The number of rotatable bonds is 5. The van der Waals surface area contributed by atoms with Crippen molar-refractivity contribution >= 4 is 11.9 Å². The molecule has 3 N–H and O–H groups in total. The Morgan fingerprint density at radius 1 is 1.27 bits per heavy atom. The predicted molar refractivity (Wildman–Crippen MR) is 84.9 cm³/mol. The molecule has 6 nitrogen and oxygen atoms in total. The van der Waals surface area contributed by atoms with E-state index in [4.69, 9.17) is 4.74 Å². The van der Waals surface area contributed by atoms with Crippen molar-refractivity contribution in [1.82, 2.24) is 10.6 Å². The zero-order chi connectivity index (χ0) is 16.8. The van der Waals surface area contributed by atoms with Gasteiger partial charge in [-0.15, -0.1) is 0 Å². The quantitative estimate of drug-likeness (QED) is 0.734. The smallest absolute Gasteiger partial charge is 0.322 e. The van der Waals surface area contributed by atoms with E-state index in [0.29, 0.717) is 6.54 Å². The SMILES string of the molecule is COc1cccc(C[NH+](C)CC(=O)NC(=O)NC(C)(C)C)c1. The highest BCUT2D eigenvalue weighted by molar-refractivity contribution is 5.94. The monoisotopic (exact) mass is 308 g/mol. The molecule has 0 radical (unpaired) electrons.